The summed E-state index contributed by atoms with van der Waals surface area (Å²) in [6.07, 6.45) is 3.34. The molecule has 0 saturated heterocycles. The Bertz CT molecular complexity index is 1310. The van der Waals surface area contributed by atoms with Crippen LogP contribution in [0.4, 0.5) is 5.69 Å². The van der Waals surface area contributed by atoms with Gasteiger partial charge in [-0.3, -0.25) is 14.9 Å². The lowest BCUT2D eigenvalue weighted by Gasteiger charge is -2.02. The van der Waals surface area contributed by atoms with E-state index in [0.29, 0.717) is 11.3 Å². The topological polar surface area (TPSA) is 102 Å². The van der Waals surface area contributed by atoms with Gasteiger partial charge in [0.1, 0.15) is 5.69 Å². The van der Waals surface area contributed by atoms with Crippen molar-refractivity contribution in [2.75, 3.05) is 0 Å². The van der Waals surface area contributed by atoms with Gasteiger partial charge in [0.2, 0.25) is 0 Å². The molecule has 0 fully saturated rings. The molecule has 158 valence electrons. The van der Waals surface area contributed by atoms with E-state index in [-0.39, 0.29) is 11.3 Å². The van der Waals surface area contributed by atoms with Gasteiger partial charge in [0.25, 0.3) is 11.6 Å². The molecule has 32 heavy (non-hydrogen) atoms. The minimum Gasteiger partial charge on any atom is -0.267 e. The molecule has 8 nitrogen and oxygen atoms in total. The van der Waals surface area contributed by atoms with E-state index in [1.54, 1.807) is 4.68 Å². The fourth-order valence-corrected chi connectivity index (χ4v) is 3.20. The third-order valence-corrected chi connectivity index (χ3v) is 4.74. The van der Waals surface area contributed by atoms with E-state index in [9.17, 15) is 14.9 Å². The first-order valence-corrected chi connectivity index (χ1v) is 9.81. The molecular weight excluding hydrogens is 406 g/mol. The molecule has 0 aliphatic rings. The maximum Gasteiger partial charge on any atom is 0.271 e. The Labute approximate surface area is 184 Å². The van der Waals surface area contributed by atoms with Crippen molar-refractivity contribution in [3.05, 3.63) is 112 Å². The SMILES string of the molecule is Cc1cccc(-c2nn(-c3ccccc3)cc2/C=N/NC(=O)c2cccc([N+](=O)[O-])c2)c1. The summed E-state index contributed by atoms with van der Waals surface area (Å²) in [5.41, 5.74) is 6.74. The number of nitrogens with one attached hydrogen (secondary N) is 1. The lowest BCUT2D eigenvalue weighted by atomic mass is 10.1. The number of amides is 1. The van der Waals surface area contributed by atoms with E-state index >= 15 is 0 Å². The maximum absolute atomic E-state index is 12.4. The Balaban J connectivity index is 1.63. The number of rotatable bonds is 6. The Morgan fingerprint density at radius 3 is 2.59 bits per heavy atom. The van der Waals surface area contributed by atoms with E-state index < -0.39 is 10.8 Å². The molecule has 1 aromatic heterocycles. The normalized spacial score (nSPS) is 10.9. The van der Waals surface area contributed by atoms with Gasteiger partial charge in [-0.05, 0) is 31.2 Å². The summed E-state index contributed by atoms with van der Waals surface area (Å²) in [4.78, 5) is 22.7. The Morgan fingerprint density at radius 2 is 1.84 bits per heavy atom. The van der Waals surface area contributed by atoms with Crippen LogP contribution in [-0.4, -0.2) is 26.8 Å². The summed E-state index contributed by atoms with van der Waals surface area (Å²) in [5, 5.41) is 19.7. The number of non-ortho nitro benzene ring substituents is 1. The highest BCUT2D eigenvalue weighted by Crippen LogP contribution is 2.23. The summed E-state index contributed by atoms with van der Waals surface area (Å²) >= 11 is 0. The van der Waals surface area contributed by atoms with Gasteiger partial charge < -0.3 is 0 Å². The van der Waals surface area contributed by atoms with Crippen LogP contribution in [0.1, 0.15) is 21.5 Å². The van der Waals surface area contributed by atoms with E-state index in [1.807, 2.05) is 67.7 Å². The molecule has 8 heteroatoms. The molecule has 1 heterocycles. The van der Waals surface area contributed by atoms with Crippen LogP contribution in [-0.2, 0) is 0 Å². The minimum absolute atomic E-state index is 0.148. The molecule has 4 aromatic rings. The van der Waals surface area contributed by atoms with Gasteiger partial charge in [-0.15, -0.1) is 0 Å². The number of nitro benzene ring substituents is 1. The van der Waals surface area contributed by atoms with Crippen molar-refractivity contribution in [3.63, 3.8) is 0 Å². The molecule has 1 N–H and O–H groups in total. The van der Waals surface area contributed by atoms with Crippen molar-refractivity contribution >= 4 is 17.8 Å². The zero-order chi connectivity index (χ0) is 22.5. The smallest absolute Gasteiger partial charge is 0.267 e. The molecule has 0 aliphatic carbocycles. The highest BCUT2D eigenvalue weighted by molar-refractivity contribution is 5.96. The maximum atomic E-state index is 12.4. The zero-order valence-electron chi connectivity index (χ0n) is 17.2. The molecule has 0 saturated carbocycles. The van der Waals surface area contributed by atoms with Gasteiger partial charge in [-0.1, -0.05) is 48.0 Å². The van der Waals surface area contributed by atoms with Crippen molar-refractivity contribution in [1.29, 1.82) is 0 Å². The summed E-state index contributed by atoms with van der Waals surface area (Å²) in [7, 11) is 0. The largest absolute Gasteiger partial charge is 0.271 e. The van der Waals surface area contributed by atoms with Crippen LogP contribution in [0.5, 0.6) is 0 Å². The van der Waals surface area contributed by atoms with Gasteiger partial charge in [0.05, 0.1) is 16.8 Å². The standard InChI is InChI=1S/C24H19N5O3/c1-17-7-5-8-18(13-17)23-20(16-28(27-23)21-10-3-2-4-11-21)15-25-26-24(30)19-9-6-12-22(14-19)29(31)32/h2-16H,1H3,(H,26,30)/b25-15+. The predicted octanol–water partition coefficient (Wildman–Crippen LogP) is 4.52. The Hall–Kier alpha value is -4.59. The fraction of sp³-hybridized carbons (Fsp3) is 0.0417. The molecule has 0 radical (unpaired) electrons. The van der Waals surface area contributed by atoms with Crippen LogP contribution in [0.3, 0.4) is 0 Å². The molecule has 0 atom stereocenters. The Morgan fingerprint density at radius 1 is 1.06 bits per heavy atom. The third-order valence-electron chi connectivity index (χ3n) is 4.74. The number of hydrazone groups is 1. The minimum atomic E-state index is -0.549. The van der Waals surface area contributed by atoms with Gasteiger partial charge in [-0.25, -0.2) is 10.1 Å². The molecule has 4 rings (SSSR count). The number of nitrogens with zero attached hydrogens (tertiary/aromatic N) is 4. The first-order chi connectivity index (χ1) is 15.5. The van der Waals surface area contributed by atoms with Crippen molar-refractivity contribution in [1.82, 2.24) is 15.2 Å². The number of hydrogen-bond acceptors (Lipinski definition) is 5. The van der Waals surface area contributed by atoms with E-state index in [2.05, 4.69) is 10.5 Å². The zero-order valence-corrected chi connectivity index (χ0v) is 17.2. The number of carbonyl (C=O) groups is 1. The lowest BCUT2D eigenvalue weighted by molar-refractivity contribution is -0.384. The summed E-state index contributed by atoms with van der Waals surface area (Å²) < 4.78 is 1.75. The summed E-state index contributed by atoms with van der Waals surface area (Å²) in [5.74, 6) is -0.544. The molecule has 0 bridgehead atoms. The summed E-state index contributed by atoms with van der Waals surface area (Å²) in [6.45, 7) is 2.00. The second kappa shape index (κ2) is 9.05. The average molecular weight is 425 g/mol. The quantitative estimate of drug-likeness (QED) is 0.279. The summed E-state index contributed by atoms with van der Waals surface area (Å²) in [6, 6.07) is 23.1. The van der Waals surface area contributed by atoms with Crippen LogP contribution >= 0.6 is 0 Å². The number of benzene rings is 3. The number of carbonyl (C=O) groups excluding carboxylic acids is 1. The highest BCUT2D eigenvalue weighted by atomic mass is 16.6. The highest BCUT2D eigenvalue weighted by Gasteiger charge is 2.13. The van der Waals surface area contributed by atoms with E-state index in [4.69, 9.17) is 5.10 Å². The van der Waals surface area contributed by atoms with Crippen LogP contribution in [0.2, 0.25) is 0 Å². The molecule has 1 amide bonds. The van der Waals surface area contributed by atoms with E-state index in [1.165, 1.54) is 30.5 Å². The van der Waals surface area contributed by atoms with E-state index in [0.717, 1.165) is 16.8 Å². The number of aromatic nitrogens is 2. The molecule has 0 unspecified atom stereocenters. The van der Waals surface area contributed by atoms with Gasteiger partial charge in [0.15, 0.2) is 0 Å². The molecule has 0 spiro atoms. The van der Waals surface area contributed by atoms with Crippen molar-refractivity contribution in [2.45, 2.75) is 6.92 Å². The van der Waals surface area contributed by atoms with Crippen molar-refractivity contribution < 1.29 is 9.72 Å². The first kappa shape index (κ1) is 20.7. The van der Waals surface area contributed by atoms with Gasteiger partial charge >= 0.3 is 0 Å². The molecule has 3 aromatic carbocycles. The van der Waals surface area contributed by atoms with Crippen LogP contribution in [0.15, 0.2) is 90.2 Å². The number of para-hydroxylation sites is 1. The van der Waals surface area contributed by atoms with Crippen molar-refractivity contribution in [2.24, 2.45) is 5.10 Å². The monoisotopic (exact) mass is 425 g/mol. The van der Waals surface area contributed by atoms with Crippen LogP contribution < -0.4 is 5.43 Å². The number of hydrogen-bond donors (Lipinski definition) is 1. The van der Waals surface area contributed by atoms with Crippen LogP contribution in [0.25, 0.3) is 16.9 Å². The number of nitro groups is 1. The lowest BCUT2D eigenvalue weighted by Crippen LogP contribution is -2.17. The second-order valence-corrected chi connectivity index (χ2v) is 7.09. The predicted molar refractivity (Wildman–Crippen MR) is 122 cm³/mol. The second-order valence-electron chi connectivity index (χ2n) is 7.09. The fourth-order valence-electron chi connectivity index (χ4n) is 3.20. The average Bonchev–Trinajstić information content (AvgIpc) is 3.24. The Kier molecular flexibility index (Phi) is 5.85. The van der Waals surface area contributed by atoms with Crippen molar-refractivity contribution in [3.8, 4) is 16.9 Å². The molecule has 0 aliphatic heterocycles. The third kappa shape index (κ3) is 4.59. The van der Waals surface area contributed by atoms with Crippen LogP contribution in [0, 0.1) is 17.0 Å². The van der Waals surface area contributed by atoms with Gasteiger partial charge in [0, 0.05) is 35.0 Å². The molecular formula is C24H19N5O3. The first-order valence-electron chi connectivity index (χ1n) is 9.81. The number of aryl methyl sites for hydroxylation is 1. The van der Waals surface area contributed by atoms with Gasteiger partial charge in [-0.2, -0.15) is 10.2 Å².